The number of nitrogens with zero attached hydrogens (tertiary/aromatic N) is 1. The van der Waals surface area contributed by atoms with Crippen molar-refractivity contribution in [2.45, 2.75) is 25.4 Å². The number of carbonyl (C=O) groups excluding carboxylic acids is 1. The molecule has 6 nitrogen and oxygen atoms in total. The molecule has 4 N–H and O–H groups in total. The number of aromatic nitrogens is 2. The molecule has 2 aliphatic carbocycles. The zero-order chi connectivity index (χ0) is 23.8. The number of rotatable bonds is 6. The van der Waals surface area contributed by atoms with Crippen LogP contribution in [0.15, 0.2) is 72.8 Å². The van der Waals surface area contributed by atoms with Gasteiger partial charge in [0.2, 0.25) is 5.91 Å². The maximum atomic E-state index is 12.9. The molecule has 35 heavy (non-hydrogen) atoms. The van der Waals surface area contributed by atoms with Gasteiger partial charge >= 0.3 is 0 Å². The van der Waals surface area contributed by atoms with Crippen LogP contribution in [0.5, 0.6) is 0 Å². The van der Waals surface area contributed by atoms with E-state index < -0.39 is 0 Å². The Morgan fingerprint density at radius 3 is 2.57 bits per heavy atom. The first-order valence-electron chi connectivity index (χ1n) is 12.2. The molecule has 176 valence electrons. The van der Waals surface area contributed by atoms with Crippen LogP contribution in [-0.4, -0.2) is 27.3 Å². The van der Waals surface area contributed by atoms with E-state index in [-0.39, 0.29) is 23.8 Å². The van der Waals surface area contributed by atoms with Crippen molar-refractivity contribution in [1.82, 2.24) is 10.2 Å². The van der Waals surface area contributed by atoms with Gasteiger partial charge in [-0.25, -0.2) is 0 Å². The molecular formula is C29H28N4O2. The molecule has 2 bridgehead atoms. The fraction of sp³-hybridized carbons (Fsp3) is 0.241. The quantitative estimate of drug-likeness (QED) is 0.289. The largest absolute Gasteiger partial charge is 0.393 e. The zero-order valence-corrected chi connectivity index (χ0v) is 19.3. The van der Waals surface area contributed by atoms with E-state index in [0.717, 1.165) is 58.5 Å². The van der Waals surface area contributed by atoms with Crippen LogP contribution in [0.3, 0.4) is 0 Å². The summed E-state index contributed by atoms with van der Waals surface area (Å²) in [6.07, 6.45) is 6.45. The minimum atomic E-state index is -0.329. The monoisotopic (exact) mass is 464 g/mol. The maximum absolute atomic E-state index is 12.9. The lowest BCUT2D eigenvalue weighted by Gasteiger charge is -2.25. The number of hydrogen-bond donors (Lipinski definition) is 4. The molecule has 4 aromatic rings. The van der Waals surface area contributed by atoms with Gasteiger partial charge in [-0.15, -0.1) is 0 Å². The highest BCUT2D eigenvalue weighted by Crippen LogP contribution is 2.48. The van der Waals surface area contributed by atoms with Gasteiger partial charge in [0.15, 0.2) is 0 Å². The second kappa shape index (κ2) is 9.04. The minimum absolute atomic E-state index is 0.0170. The first-order valence-corrected chi connectivity index (χ1v) is 12.2. The Labute approximate surface area is 204 Å². The van der Waals surface area contributed by atoms with Gasteiger partial charge in [0.05, 0.1) is 17.3 Å². The van der Waals surface area contributed by atoms with Crippen LogP contribution >= 0.6 is 0 Å². The molecule has 0 saturated heterocycles. The Balaban J connectivity index is 1.14. The molecule has 0 radical (unpaired) electrons. The molecule has 2 fully saturated rings. The van der Waals surface area contributed by atoms with E-state index in [1.807, 2.05) is 60.7 Å². The van der Waals surface area contributed by atoms with Crippen molar-refractivity contribution in [3.05, 3.63) is 84.1 Å². The second-order valence-electron chi connectivity index (χ2n) is 9.72. The SMILES string of the molecule is O=C(Nc1cccc(Nc2ccc3c(/C=C/c4ccccc4)n[nH]c3c2)c1)C1CC2CC(O)C1C2. The van der Waals surface area contributed by atoms with Crippen molar-refractivity contribution in [2.24, 2.45) is 17.8 Å². The van der Waals surface area contributed by atoms with Crippen LogP contribution in [0.2, 0.25) is 0 Å². The zero-order valence-electron chi connectivity index (χ0n) is 19.3. The van der Waals surface area contributed by atoms with Gasteiger partial charge in [0.25, 0.3) is 0 Å². The Morgan fingerprint density at radius 2 is 1.74 bits per heavy atom. The van der Waals surface area contributed by atoms with Gasteiger partial charge in [-0.2, -0.15) is 5.10 Å². The van der Waals surface area contributed by atoms with Gasteiger partial charge in [0.1, 0.15) is 0 Å². The van der Waals surface area contributed by atoms with Crippen molar-refractivity contribution in [1.29, 1.82) is 0 Å². The smallest absolute Gasteiger partial charge is 0.227 e. The van der Waals surface area contributed by atoms with Crippen LogP contribution in [0, 0.1) is 17.8 Å². The molecule has 1 aromatic heterocycles. The van der Waals surface area contributed by atoms with Gasteiger partial charge in [0, 0.05) is 28.4 Å². The van der Waals surface area contributed by atoms with Crippen molar-refractivity contribution >= 4 is 46.0 Å². The first-order chi connectivity index (χ1) is 17.1. The lowest BCUT2D eigenvalue weighted by molar-refractivity contribution is -0.122. The molecule has 2 saturated carbocycles. The highest BCUT2D eigenvalue weighted by Gasteiger charge is 2.48. The number of aromatic amines is 1. The van der Waals surface area contributed by atoms with Gasteiger partial charge < -0.3 is 15.7 Å². The van der Waals surface area contributed by atoms with Crippen LogP contribution < -0.4 is 10.6 Å². The molecule has 6 rings (SSSR count). The highest BCUT2D eigenvalue weighted by atomic mass is 16.3. The van der Waals surface area contributed by atoms with Gasteiger partial charge in [-0.1, -0.05) is 42.5 Å². The molecular weight excluding hydrogens is 436 g/mol. The summed E-state index contributed by atoms with van der Waals surface area (Å²) < 4.78 is 0. The van der Waals surface area contributed by atoms with E-state index in [4.69, 9.17) is 0 Å². The summed E-state index contributed by atoms with van der Waals surface area (Å²) in [5.74, 6) is 0.525. The Kier molecular flexibility index (Phi) is 5.58. The van der Waals surface area contributed by atoms with Crippen molar-refractivity contribution in [3.63, 3.8) is 0 Å². The summed E-state index contributed by atoms with van der Waals surface area (Å²) >= 11 is 0. The summed E-state index contributed by atoms with van der Waals surface area (Å²) in [6.45, 7) is 0. The third-order valence-electron chi connectivity index (χ3n) is 7.36. The van der Waals surface area contributed by atoms with Gasteiger partial charge in [-0.05, 0) is 79.1 Å². The molecule has 4 unspecified atom stereocenters. The standard InChI is InChI=1S/C29H28N4O2/c34-28-15-19-13-24(28)25(14-19)29(35)31-21-8-4-7-20(16-21)30-22-10-11-23-26(32-33-27(23)17-22)12-9-18-5-2-1-3-6-18/h1-12,16-17,19,24-25,28,30,34H,13-15H2,(H,31,35)(H,32,33)/b12-9+. The molecule has 0 aliphatic heterocycles. The number of fused-ring (bicyclic) bond motifs is 3. The minimum Gasteiger partial charge on any atom is -0.393 e. The van der Waals surface area contributed by atoms with Crippen molar-refractivity contribution in [3.8, 4) is 0 Å². The number of hydrogen-bond acceptors (Lipinski definition) is 4. The normalized spacial score (nSPS) is 23.2. The van der Waals surface area contributed by atoms with E-state index >= 15 is 0 Å². The molecule has 3 aromatic carbocycles. The molecule has 4 atom stereocenters. The van der Waals surface area contributed by atoms with E-state index in [2.05, 4.69) is 45.1 Å². The molecule has 1 amide bonds. The number of H-pyrrole nitrogens is 1. The van der Waals surface area contributed by atoms with Crippen molar-refractivity contribution < 1.29 is 9.90 Å². The number of aliphatic hydroxyl groups excluding tert-OH is 1. The topological polar surface area (TPSA) is 90.0 Å². The van der Waals surface area contributed by atoms with Crippen molar-refractivity contribution in [2.75, 3.05) is 10.6 Å². The molecule has 0 spiro atoms. The van der Waals surface area contributed by atoms with Crippen LogP contribution in [-0.2, 0) is 4.79 Å². The van der Waals surface area contributed by atoms with Crippen LogP contribution in [0.1, 0.15) is 30.5 Å². The Bertz CT molecular complexity index is 1390. The third kappa shape index (κ3) is 4.45. The average molecular weight is 465 g/mol. The second-order valence-corrected chi connectivity index (χ2v) is 9.72. The maximum Gasteiger partial charge on any atom is 0.227 e. The number of benzene rings is 3. The number of aliphatic hydroxyl groups is 1. The van der Waals surface area contributed by atoms with E-state index in [9.17, 15) is 9.90 Å². The van der Waals surface area contributed by atoms with Gasteiger partial charge in [-0.3, -0.25) is 9.89 Å². The summed E-state index contributed by atoms with van der Waals surface area (Å²) in [5, 5.41) is 25.3. The summed E-state index contributed by atoms with van der Waals surface area (Å²) in [6, 6.07) is 24.0. The Morgan fingerprint density at radius 1 is 0.914 bits per heavy atom. The predicted molar refractivity (Wildman–Crippen MR) is 140 cm³/mol. The Hall–Kier alpha value is -3.90. The fourth-order valence-electron chi connectivity index (χ4n) is 5.68. The number of amides is 1. The number of nitrogens with one attached hydrogen (secondary N) is 3. The van der Waals surface area contributed by atoms with E-state index in [1.54, 1.807) is 0 Å². The number of anilines is 3. The fourth-order valence-corrected chi connectivity index (χ4v) is 5.68. The van der Waals surface area contributed by atoms with Crippen LogP contribution in [0.25, 0.3) is 23.1 Å². The molecule has 6 heteroatoms. The lowest BCUT2D eigenvalue weighted by Crippen LogP contribution is -2.33. The molecule has 1 heterocycles. The average Bonchev–Trinajstić information content (AvgIpc) is 3.57. The predicted octanol–water partition coefficient (Wildman–Crippen LogP) is 5.82. The first kappa shape index (κ1) is 21.6. The molecule has 2 aliphatic rings. The summed E-state index contributed by atoms with van der Waals surface area (Å²) in [5.41, 5.74) is 5.55. The summed E-state index contributed by atoms with van der Waals surface area (Å²) in [4.78, 5) is 12.9. The highest BCUT2D eigenvalue weighted by molar-refractivity contribution is 5.94. The number of carbonyl (C=O) groups is 1. The van der Waals surface area contributed by atoms with E-state index in [0.29, 0.717) is 5.92 Å². The van der Waals surface area contributed by atoms with Crippen LogP contribution in [0.4, 0.5) is 17.1 Å². The summed E-state index contributed by atoms with van der Waals surface area (Å²) in [7, 11) is 0. The third-order valence-corrected chi connectivity index (χ3v) is 7.36. The lowest BCUT2D eigenvalue weighted by atomic mass is 9.86. The van der Waals surface area contributed by atoms with E-state index in [1.165, 1.54) is 0 Å².